The highest BCUT2D eigenvalue weighted by atomic mass is 79.9. The lowest BCUT2D eigenvalue weighted by molar-refractivity contribution is -0.125. The molecule has 0 radical (unpaired) electrons. The van der Waals surface area contributed by atoms with Crippen molar-refractivity contribution in [1.82, 2.24) is 15.1 Å². The molecule has 1 aliphatic heterocycles. The second kappa shape index (κ2) is 9.65. The Bertz CT molecular complexity index is 1150. The van der Waals surface area contributed by atoms with Gasteiger partial charge in [0.1, 0.15) is 18.8 Å². The van der Waals surface area contributed by atoms with E-state index in [0.717, 1.165) is 10.0 Å². The Balaban J connectivity index is 1.33. The molecule has 0 spiro atoms. The first-order valence-corrected chi connectivity index (χ1v) is 10.6. The van der Waals surface area contributed by atoms with E-state index in [9.17, 15) is 14.4 Å². The maximum absolute atomic E-state index is 12.5. The van der Waals surface area contributed by atoms with Gasteiger partial charge in [0.05, 0.1) is 5.69 Å². The van der Waals surface area contributed by atoms with Crippen LogP contribution in [0.1, 0.15) is 5.56 Å². The van der Waals surface area contributed by atoms with Gasteiger partial charge >= 0.3 is 0 Å². The van der Waals surface area contributed by atoms with Gasteiger partial charge in [-0.3, -0.25) is 24.0 Å². The molecule has 2 N–H and O–H groups in total. The third-order valence-corrected chi connectivity index (χ3v) is 5.23. The van der Waals surface area contributed by atoms with Crippen molar-refractivity contribution in [2.45, 2.75) is 13.1 Å². The average Bonchev–Trinajstić information content (AvgIpc) is 3.27. The lowest BCUT2D eigenvalue weighted by atomic mass is 10.2. The summed E-state index contributed by atoms with van der Waals surface area (Å²) in [4.78, 5) is 38.3. The molecule has 0 aliphatic carbocycles. The molecular weight excluding hydrogens is 478 g/mol. The van der Waals surface area contributed by atoms with Crippen molar-refractivity contribution in [3.8, 4) is 5.75 Å². The molecule has 32 heavy (non-hydrogen) atoms. The van der Waals surface area contributed by atoms with Crippen LogP contribution in [0.25, 0.3) is 0 Å². The second-order valence-electron chi connectivity index (χ2n) is 7.11. The minimum absolute atomic E-state index is 0.111. The topological polar surface area (TPSA) is 106 Å². The molecule has 1 aromatic heterocycles. The van der Waals surface area contributed by atoms with Crippen LogP contribution >= 0.6 is 15.9 Å². The van der Waals surface area contributed by atoms with E-state index in [0.29, 0.717) is 17.1 Å². The number of ether oxygens (including phenoxy) is 1. The number of rotatable bonds is 7. The Morgan fingerprint density at radius 1 is 1.09 bits per heavy atom. The molecule has 0 fully saturated rings. The zero-order valence-corrected chi connectivity index (χ0v) is 18.5. The van der Waals surface area contributed by atoms with Crippen molar-refractivity contribution in [1.29, 1.82) is 0 Å². The first-order chi connectivity index (χ1) is 15.5. The summed E-state index contributed by atoms with van der Waals surface area (Å²) in [7, 11) is 0. The zero-order chi connectivity index (χ0) is 22.5. The average molecular weight is 498 g/mol. The molecule has 0 unspecified atom stereocenters. The summed E-state index contributed by atoms with van der Waals surface area (Å²) in [5.41, 5.74) is 1.99. The summed E-state index contributed by atoms with van der Waals surface area (Å²) in [6, 6.07) is 14.2. The minimum Gasteiger partial charge on any atom is -0.482 e. The summed E-state index contributed by atoms with van der Waals surface area (Å²) in [5.74, 6) is -0.240. The standard InChI is InChI=1S/C22H20BrN5O4/c23-16-5-6-18-19(10-16)32-14-22(31)28(18)13-20(29)24-11-15-3-1-4-17(9-15)26-21(30)12-27-8-2-7-25-27/h1-10H,11-14H2,(H,24,29)(H,26,30). The molecule has 0 saturated carbocycles. The summed E-state index contributed by atoms with van der Waals surface area (Å²) in [5, 5.41) is 9.63. The van der Waals surface area contributed by atoms with Gasteiger partial charge in [-0.1, -0.05) is 28.1 Å². The maximum atomic E-state index is 12.5. The first-order valence-electron chi connectivity index (χ1n) is 9.83. The molecule has 2 aromatic carbocycles. The fraction of sp³-hybridized carbons (Fsp3) is 0.182. The molecule has 0 saturated heterocycles. The van der Waals surface area contributed by atoms with Crippen LogP contribution in [0.5, 0.6) is 5.75 Å². The molecule has 164 valence electrons. The predicted octanol–water partition coefficient (Wildman–Crippen LogP) is 2.33. The van der Waals surface area contributed by atoms with Crippen molar-refractivity contribution in [2.75, 3.05) is 23.4 Å². The number of fused-ring (bicyclic) bond motifs is 1. The van der Waals surface area contributed by atoms with Crippen molar-refractivity contribution >= 4 is 45.0 Å². The quantitative estimate of drug-likeness (QED) is 0.521. The molecule has 9 nitrogen and oxygen atoms in total. The number of nitrogens with one attached hydrogen (secondary N) is 2. The van der Waals surface area contributed by atoms with Crippen LogP contribution in [0, 0.1) is 0 Å². The van der Waals surface area contributed by atoms with Crippen LogP contribution in [0.3, 0.4) is 0 Å². The van der Waals surface area contributed by atoms with E-state index in [4.69, 9.17) is 4.74 Å². The summed E-state index contributed by atoms with van der Waals surface area (Å²) >= 11 is 3.37. The van der Waals surface area contributed by atoms with Crippen molar-refractivity contribution in [3.63, 3.8) is 0 Å². The lowest BCUT2D eigenvalue weighted by Gasteiger charge is -2.29. The molecule has 3 amide bonds. The second-order valence-corrected chi connectivity index (χ2v) is 8.03. The highest BCUT2D eigenvalue weighted by Crippen LogP contribution is 2.34. The van der Waals surface area contributed by atoms with Gasteiger partial charge in [-0.25, -0.2) is 0 Å². The molecule has 0 bridgehead atoms. The van der Waals surface area contributed by atoms with E-state index < -0.39 is 0 Å². The number of anilines is 2. The number of aromatic nitrogens is 2. The third-order valence-electron chi connectivity index (χ3n) is 4.73. The van der Waals surface area contributed by atoms with Crippen LogP contribution < -0.4 is 20.3 Å². The highest BCUT2D eigenvalue weighted by molar-refractivity contribution is 9.10. The molecule has 3 aromatic rings. The summed E-state index contributed by atoms with van der Waals surface area (Å²) < 4.78 is 7.80. The smallest absolute Gasteiger partial charge is 0.265 e. The Morgan fingerprint density at radius 3 is 2.78 bits per heavy atom. The third kappa shape index (κ3) is 5.33. The SMILES string of the molecule is O=C(CN1C(=O)COc2cc(Br)ccc21)NCc1cccc(NC(=O)Cn2cccn2)c1. The van der Waals surface area contributed by atoms with Gasteiger partial charge in [0, 0.05) is 29.1 Å². The van der Waals surface area contributed by atoms with E-state index in [2.05, 4.69) is 31.7 Å². The van der Waals surface area contributed by atoms with Gasteiger partial charge in [-0.2, -0.15) is 5.10 Å². The van der Waals surface area contributed by atoms with Gasteiger partial charge in [0.25, 0.3) is 5.91 Å². The molecule has 2 heterocycles. The van der Waals surface area contributed by atoms with Crippen LogP contribution in [-0.4, -0.2) is 40.7 Å². The lowest BCUT2D eigenvalue weighted by Crippen LogP contribution is -2.45. The van der Waals surface area contributed by atoms with Crippen LogP contribution in [0.2, 0.25) is 0 Å². The zero-order valence-electron chi connectivity index (χ0n) is 17.0. The summed E-state index contributed by atoms with van der Waals surface area (Å²) in [6.45, 7) is 0.140. The molecule has 0 atom stereocenters. The number of carbonyl (C=O) groups excluding carboxylic acids is 3. The van der Waals surface area contributed by atoms with Gasteiger partial charge in [0.15, 0.2) is 6.61 Å². The molecule has 1 aliphatic rings. The van der Waals surface area contributed by atoms with E-state index in [1.165, 1.54) is 9.58 Å². The van der Waals surface area contributed by atoms with E-state index in [1.807, 2.05) is 6.07 Å². The predicted molar refractivity (Wildman–Crippen MR) is 121 cm³/mol. The normalized spacial score (nSPS) is 12.7. The minimum atomic E-state index is -0.303. The monoisotopic (exact) mass is 497 g/mol. The Morgan fingerprint density at radius 2 is 1.97 bits per heavy atom. The van der Waals surface area contributed by atoms with E-state index in [1.54, 1.807) is 54.9 Å². The van der Waals surface area contributed by atoms with Gasteiger partial charge in [-0.05, 0) is 42.0 Å². The number of carbonyl (C=O) groups is 3. The van der Waals surface area contributed by atoms with Crippen molar-refractivity contribution < 1.29 is 19.1 Å². The number of nitrogens with zero attached hydrogens (tertiary/aromatic N) is 3. The van der Waals surface area contributed by atoms with E-state index in [-0.39, 0.29) is 44.0 Å². The number of hydrogen-bond donors (Lipinski definition) is 2. The van der Waals surface area contributed by atoms with Crippen LogP contribution in [-0.2, 0) is 27.5 Å². The number of benzene rings is 2. The molecule has 4 rings (SSSR count). The van der Waals surface area contributed by atoms with Gasteiger partial charge in [-0.15, -0.1) is 0 Å². The highest BCUT2D eigenvalue weighted by Gasteiger charge is 2.27. The van der Waals surface area contributed by atoms with Gasteiger partial charge in [0.2, 0.25) is 11.8 Å². The molecule has 10 heteroatoms. The van der Waals surface area contributed by atoms with E-state index >= 15 is 0 Å². The van der Waals surface area contributed by atoms with Crippen LogP contribution in [0.15, 0.2) is 65.4 Å². The Labute approximate surface area is 192 Å². The number of hydrogen-bond acceptors (Lipinski definition) is 5. The molecular formula is C22H20BrN5O4. The number of amides is 3. The number of halogens is 1. The largest absolute Gasteiger partial charge is 0.482 e. The maximum Gasteiger partial charge on any atom is 0.265 e. The van der Waals surface area contributed by atoms with Crippen molar-refractivity contribution in [2.24, 2.45) is 0 Å². The fourth-order valence-corrected chi connectivity index (χ4v) is 3.59. The van der Waals surface area contributed by atoms with Crippen LogP contribution in [0.4, 0.5) is 11.4 Å². The van der Waals surface area contributed by atoms with Gasteiger partial charge < -0.3 is 15.4 Å². The Kier molecular flexibility index (Phi) is 6.50. The first kappa shape index (κ1) is 21.6. The Hall–Kier alpha value is -3.66. The summed E-state index contributed by atoms with van der Waals surface area (Å²) in [6.07, 6.45) is 3.32. The fourth-order valence-electron chi connectivity index (χ4n) is 3.25. The van der Waals surface area contributed by atoms with Crippen molar-refractivity contribution in [3.05, 3.63) is 71.0 Å².